The molecule has 0 saturated heterocycles. The summed E-state index contributed by atoms with van der Waals surface area (Å²) in [5.41, 5.74) is 0.0940. The molecule has 0 spiro atoms. The number of carbonyl (C=O) groups is 1. The van der Waals surface area contributed by atoms with E-state index >= 15 is 0 Å². The highest BCUT2D eigenvalue weighted by atomic mass is 16.7. The second kappa shape index (κ2) is 4.44. The van der Waals surface area contributed by atoms with Crippen LogP contribution < -0.4 is 4.84 Å². The van der Waals surface area contributed by atoms with E-state index in [0.717, 1.165) is 17.2 Å². The Bertz CT molecular complexity index is 550. The summed E-state index contributed by atoms with van der Waals surface area (Å²) in [5, 5.41) is 13.9. The number of rotatable bonds is 3. The zero-order chi connectivity index (χ0) is 12.3. The van der Waals surface area contributed by atoms with Gasteiger partial charge in [0.2, 0.25) is 0 Å². The number of nitro groups is 1. The second-order valence-electron chi connectivity index (χ2n) is 3.10. The predicted octanol–water partition coefficient (Wildman–Crippen LogP) is 1.06. The molecule has 0 unspecified atom stereocenters. The molecule has 1 aromatic heterocycles. The van der Waals surface area contributed by atoms with Crippen LogP contribution >= 0.6 is 0 Å². The molecule has 1 aromatic carbocycles. The van der Waals surface area contributed by atoms with Gasteiger partial charge in [0.25, 0.3) is 0 Å². The molecule has 0 atom stereocenters. The molecule has 0 radical (unpaired) electrons. The van der Waals surface area contributed by atoms with Gasteiger partial charge < -0.3 is 4.84 Å². The van der Waals surface area contributed by atoms with Crippen LogP contribution in [-0.2, 0) is 0 Å². The standard InChI is InChI=1S/C10H7N3O4/c14-10(8-4-2-1-3-5-8)17-12-7-9(6-11-12)13(15)16/h1-7H. The molecule has 2 aromatic rings. The molecule has 0 fully saturated rings. The zero-order valence-electron chi connectivity index (χ0n) is 8.52. The van der Waals surface area contributed by atoms with E-state index < -0.39 is 10.9 Å². The lowest BCUT2D eigenvalue weighted by molar-refractivity contribution is -0.385. The first-order valence-corrected chi connectivity index (χ1v) is 4.63. The lowest BCUT2D eigenvalue weighted by Gasteiger charge is -2.01. The highest BCUT2D eigenvalue weighted by Gasteiger charge is 2.13. The summed E-state index contributed by atoms with van der Waals surface area (Å²) >= 11 is 0. The number of benzene rings is 1. The fourth-order valence-electron chi connectivity index (χ4n) is 1.15. The van der Waals surface area contributed by atoms with Gasteiger partial charge in [0.05, 0.1) is 10.5 Å². The van der Waals surface area contributed by atoms with Crippen LogP contribution in [0.3, 0.4) is 0 Å². The Morgan fingerprint density at radius 3 is 2.65 bits per heavy atom. The first-order valence-electron chi connectivity index (χ1n) is 4.63. The first kappa shape index (κ1) is 10.8. The molecule has 17 heavy (non-hydrogen) atoms. The summed E-state index contributed by atoms with van der Waals surface area (Å²) in [6.07, 6.45) is 2.01. The molecule has 0 saturated carbocycles. The quantitative estimate of drug-likeness (QED) is 0.584. The van der Waals surface area contributed by atoms with Crippen molar-refractivity contribution in [1.29, 1.82) is 0 Å². The van der Waals surface area contributed by atoms with Gasteiger partial charge in [0, 0.05) is 0 Å². The summed E-state index contributed by atoms with van der Waals surface area (Å²) in [6, 6.07) is 8.26. The summed E-state index contributed by atoms with van der Waals surface area (Å²) in [4.78, 5) is 26.8. The molecule has 7 heteroatoms. The third-order valence-corrected chi connectivity index (χ3v) is 1.94. The lowest BCUT2D eigenvalue weighted by atomic mass is 10.2. The van der Waals surface area contributed by atoms with Crippen molar-refractivity contribution < 1.29 is 14.6 Å². The SMILES string of the molecule is O=C(On1cc([N+](=O)[O-])cn1)c1ccccc1. The van der Waals surface area contributed by atoms with Crippen molar-refractivity contribution in [2.45, 2.75) is 0 Å². The molecule has 7 nitrogen and oxygen atoms in total. The van der Waals surface area contributed by atoms with E-state index in [1.807, 2.05) is 0 Å². The third-order valence-electron chi connectivity index (χ3n) is 1.94. The lowest BCUT2D eigenvalue weighted by Crippen LogP contribution is -2.20. The summed E-state index contributed by atoms with van der Waals surface area (Å²) in [7, 11) is 0. The van der Waals surface area contributed by atoms with Crippen LogP contribution in [0.25, 0.3) is 0 Å². The van der Waals surface area contributed by atoms with Crippen molar-refractivity contribution in [3.8, 4) is 0 Å². The predicted molar refractivity (Wildman–Crippen MR) is 56.2 cm³/mol. The van der Waals surface area contributed by atoms with Crippen molar-refractivity contribution >= 4 is 11.7 Å². The van der Waals surface area contributed by atoms with E-state index in [1.165, 1.54) is 0 Å². The largest absolute Gasteiger partial charge is 0.365 e. The fourth-order valence-corrected chi connectivity index (χ4v) is 1.15. The molecule has 2 rings (SSSR count). The Kier molecular flexibility index (Phi) is 2.82. The van der Waals surface area contributed by atoms with E-state index in [-0.39, 0.29) is 5.69 Å². The van der Waals surface area contributed by atoms with E-state index in [2.05, 4.69) is 5.10 Å². The van der Waals surface area contributed by atoms with Crippen molar-refractivity contribution in [2.75, 3.05) is 0 Å². The van der Waals surface area contributed by atoms with Gasteiger partial charge in [-0.15, -0.1) is 5.10 Å². The number of hydrogen-bond acceptors (Lipinski definition) is 5. The van der Waals surface area contributed by atoms with Gasteiger partial charge in [-0.3, -0.25) is 10.1 Å². The first-order chi connectivity index (χ1) is 8.16. The number of aromatic nitrogens is 2. The maximum absolute atomic E-state index is 11.5. The molecule has 0 aliphatic rings. The van der Waals surface area contributed by atoms with Crippen LogP contribution in [-0.4, -0.2) is 20.8 Å². The minimum atomic E-state index is -0.636. The van der Waals surface area contributed by atoms with Gasteiger partial charge in [-0.2, -0.15) is 0 Å². The van der Waals surface area contributed by atoms with Crippen molar-refractivity contribution in [1.82, 2.24) is 9.94 Å². The van der Waals surface area contributed by atoms with E-state index in [9.17, 15) is 14.9 Å². The molecular formula is C10H7N3O4. The van der Waals surface area contributed by atoms with Gasteiger partial charge >= 0.3 is 11.7 Å². The number of carbonyl (C=O) groups excluding carboxylic acids is 1. The minimum Gasteiger partial charge on any atom is -0.314 e. The van der Waals surface area contributed by atoms with E-state index in [0.29, 0.717) is 5.56 Å². The average Bonchev–Trinajstić information content (AvgIpc) is 2.79. The normalized spacial score (nSPS) is 9.88. The molecule has 1 heterocycles. The minimum absolute atomic E-state index is 0.245. The molecular weight excluding hydrogens is 226 g/mol. The van der Waals surface area contributed by atoms with Crippen molar-refractivity contribution in [3.63, 3.8) is 0 Å². The molecule has 0 N–H and O–H groups in total. The van der Waals surface area contributed by atoms with E-state index in [1.54, 1.807) is 30.3 Å². The average molecular weight is 233 g/mol. The van der Waals surface area contributed by atoms with Gasteiger partial charge in [-0.1, -0.05) is 23.0 Å². The summed E-state index contributed by atoms with van der Waals surface area (Å²) in [5.74, 6) is -0.636. The van der Waals surface area contributed by atoms with E-state index in [4.69, 9.17) is 4.84 Å². The smallest absolute Gasteiger partial charge is 0.314 e. The highest BCUT2D eigenvalue weighted by Crippen LogP contribution is 2.07. The Balaban J connectivity index is 2.11. The molecule has 0 amide bonds. The van der Waals surface area contributed by atoms with Crippen LogP contribution in [0.15, 0.2) is 42.7 Å². The van der Waals surface area contributed by atoms with Gasteiger partial charge in [0.1, 0.15) is 12.4 Å². The van der Waals surface area contributed by atoms with Gasteiger partial charge in [0.15, 0.2) is 0 Å². The van der Waals surface area contributed by atoms with Gasteiger partial charge in [-0.05, 0) is 12.1 Å². The van der Waals surface area contributed by atoms with Crippen molar-refractivity contribution in [2.24, 2.45) is 0 Å². The van der Waals surface area contributed by atoms with Crippen LogP contribution in [0.2, 0.25) is 0 Å². The zero-order valence-corrected chi connectivity index (χ0v) is 8.52. The van der Waals surface area contributed by atoms with Crippen molar-refractivity contribution in [3.05, 3.63) is 58.4 Å². The molecule has 0 aliphatic carbocycles. The van der Waals surface area contributed by atoms with Crippen LogP contribution in [0.1, 0.15) is 10.4 Å². The molecule has 86 valence electrons. The Morgan fingerprint density at radius 1 is 1.35 bits per heavy atom. The molecule has 0 bridgehead atoms. The van der Waals surface area contributed by atoms with Crippen LogP contribution in [0, 0.1) is 10.1 Å². The van der Waals surface area contributed by atoms with Gasteiger partial charge in [-0.25, -0.2) is 4.79 Å². The monoisotopic (exact) mass is 233 g/mol. The maximum atomic E-state index is 11.5. The molecule has 0 aliphatic heterocycles. The Labute approximate surface area is 95.3 Å². The Morgan fingerprint density at radius 2 is 2.06 bits per heavy atom. The van der Waals surface area contributed by atoms with Crippen LogP contribution in [0.5, 0.6) is 0 Å². The Hall–Kier alpha value is -2.70. The number of hydrogen-bond donors (Lipinski definition) is 0. The van der Waals surface area contributed by atoms with Crippen LogP contribution in [0.4, 0.5) is 5.69 Å². The number of nitrogens with zero attached hydrogens (tertiary/aromatic N) is 3. The topological polar surface area (TPSA) is 87.3 Å². The summed E-state index contributed by atoms with van der Waals surface area (Å²) in [6.45, 7) is 0. The second-order valence-corrected chi connectivity index (χ2v) is 3.10. The third kappa shape index (κ3) is 2.46. The fraction of sp³-hybridized carbons (Fsp3) is 0. The highest BCUT2D eigenvalue weighted by molar-refractivity contribution is 5.89. The summed E-state index contributed by atoms with van der Waals surface area (Å²) < 4.78 is 0. The maximum Gasteiger partial charge on any atom is 0.365 e.